The predicted molar refractivity (Wildman–Crippen MR) is 151 cm³/mol. The number of hydrogen-bond acceptors (Lipinski definition) is 7. The minimum absolute atomic E-state index is 0.0810. The Kier molecular flexibility index (Phi) is 8.67. The second-order valence-corrected chi connectivity index (χ2v) is 11.1. The number of benzene rings is 2. The minimum Gasteiger partial charge on any atom is -0.494 e. The molecule has 2 aromatic heterocycles. The molecule has 0 saturated carbocycles. The van der Waals surface area contributed by atoms with Crippen LogP contribution < -0.4 is 9.64 Å². The van der Waals surface area contributed by atoms with E-state index in [2.05, 4.69) is 18.1 Å². The Labute approximate surface area is 226 Å². The molecule has 196 valence electrons. The molecule has 0 atom stereocenters. The van der Waals surface area contributed by atoms with Gasteiger partial charge in [0.25, 0.3) is 5.91 Å². The van der Waals surface area contributed by atoms with Crippen LogP contribution in [0.5, 0.6) is 5.75 Å². The van der Waals surface area contributed by atoms with E-state index in [0.717, 1.165) is 16.0 Å². The average molecular weight is 549 g/mol. The van der Waals surface area contributed by atoms with Crippen molar-refractivity contribution in [3.63, 3.8) is 0 Å². The van der Waals surface area contributed by atoms with E-state index < -0.39 is 10.0 Å². The SMILES string of the molecule is C=CCN(CC=C)S(=O)(=O)c1ccc(C(=O)N(Cc2ccccn2)c2nc3ccc(OCC)cc3s2)cc1. The van der Waals surface area contributed by atoms with Crippen molar-refractivity contribution in [3.05, 3.63) is 103 Å². The van der Waals surface area contributed by atoms with E-state index in [1.807, 2.05) is 43.3 Å². The van der Waals surface area contributed by atoms with Crippen LogP contribution in [0.15, 0.2) is 97.1 Å². The van der Waals surface area contributed by atoms with Gasteiger partial charge < -0.3 is 4.74 Å². The molecule has 2 aromatic carbocycles. The van der Waals surface area contributed by atoms with Crippen LogP contribution in [0, 0.1) is 0 Å². The summed E-state index contributed by atoms with van der Waals surface area (Å²) in [6, 6.07) is 17.0. The number of carbonyl (C=O) groups is 1. The van der Waals surface area contributed by atoms with E-state index in [0.29, 0.717) is 23.0 Å². The van der Waals surface area contributed by atoms with Gasteiger partial charge in [-0.3, -0.25) is 14.7 Å². The molecule has 0 unspecified atom stereocenters. The molecule has 10 heteroatoms. The fourth-order valence-corrected chi connectivity index (χ4v) is 6.15. The van der Waals surface area contributed by atoms with Crippen molar-refractivity contribution >= 4 is 42.6 Å². The van der Waals surface area contributed by atoms with Crippen LogP contribution in [0.4, 0.5) is 5.13 Å². The number of fused-ring (bicyclic) bond motifs is 1. The van der Waals surface area contributed by atoms with Gasteiger partial charge in [-0.25, -0.2) is 13.4 Å². The summed E-state index contributed by atoms with van der Waals surface area (Å²) < 4.78 is 33.9. The summed E-state index contributed by atoms with van der Waals surface area (Å²) in [7, 11) is -3.78. The standard InChI is InChI=1S/C28H28N4O4S2/c1-4-17-31(18-5-2)38(34,35)24-13-10-21(11-14-24)27(33)32(20-22-9-7-8-16-29-22)28-30-25-15-12-23(36-6-3)19-26(25)37-28/h4-5,7-16,19H,1-2,6,17-18,20H2,3H3. The largest absolute Gasteiger partial charge is 0.494 e. The Morgan fingerprint density at radius 2 is 1.79 bits per heavy atom. The van der Waals surface area contributed by atoms with Gasteiger partial charge in [0.2, 0.25) is 10.0 Å². The van der Waals surface area contributed by atoms with Crippen LogP contribution in [-0.4, -0.2) is 48.3 Å². The number of carbonyl (C=O) groups excluding carboxylic acids is 1. The first-order valence-corrected chi connectivity index (χ1v) is 14.2. The first kappa shape index (κ1) is 27.2. The number of sulfonamides is 1. The van der Waals surface area contributed by atoms with Gasteiger partial charge in [-0.15, -0.1) is 13.2 Å². The Balaban J connectivity index is 1.68. The zero-order chi connectivity index (χ0) is 27.1. The first-order valence-electron chi connectivity index (χ1n) is 11.9. The molecule has 0 aliphatic rings. The summed E-state index contributed by atoms with van der Waals surface area (Å²) in [6.45, 7) is 10.2. The summed E-state index contributed by atoms with van der Waals surface area (Å²) in [6.07, 6.45) is 4.70. The lowest BCUT2D eigenvalue weighted by atomic mass is 10.2. The molecule has 0 N–H and O–H groups in total. The maximum absolute atomic E-state index is 13.7. The van der Waals surface area contributed by atoms with E-state index in [4.69, 9.17) is 9.72 Å². The van der Waals surface area contributed by atoms with Crippen molar-refractivity contribution in [1.29, 1.82) is 0 Å². The number of aromatic nitrogens is 2. The summed E-state index contributed by atoms with van der Waals surface area (Å²) in [4.78, 5) is 24.5. The smallest absolute Gasteiger partial charge is 0.260 e. The number of amides is 1. The molecule has 4 rings (SSSR count). The highest BCUT2D eigenvalue weighted by Crippen LogP contribution is 2.33. The number of rotatable bonds is 12. The van der Waals surface area contributed by atoms with Crippen LogP contribution in [-0.2, 0) is 16.6 Å². The number of hydrogen-bond donors (Lipinski definition) is 0. The highest BCUT2D eigenvalue weighted by Gasteiger charge is 2.25. The molecule has 0 aliphatic carbocycles. The molecule has 0 radical (unpaired) electrons. The van der Waals surface area contributed by atoms with Gasteiger partial charge in [0.1, 0.15) is 5.75 Å². The van der Waals surface area contributed by atoms with Crippen molar-refractivity contribution in [1.82, 2.24) is 14.3 Å². The van der Waals surface area contributed by atoms with Crippen LogP contribution in [0.2, 0.25) is 0 Å². The zero-order valence-electron chi connectivity index (χ0n) is 21.0. The van der Waals surface area contributed by atoms with Gasteiger partial charge in [0.05, 0.1) is 34.0 Å². The molecule has 8 nitrogen and oxygen atoms in total. The van der Waals surface area contributed by atoms with Crippen molar-refractivity contribution < 1.29 is 17.9 Å². The van der Waals surface area contributed by atoms with E-state index in [1.54, 1.807) is 11.1 Å². The third-order valence-corrected chi connectivity index (χ3v) is 8.47. The molecule has 1 amide bonds. The van der Waals surface area contributed by atoms with E-state index in [9.17, 15) is 13.2 Å². The molecule has 2 heterocycles. The normalized spacial score (nSPS) is 11.4. The topological polar surface area (TPSA) is 92.7 Å². The van der Waals surface area contributed by atoms with Crippen molar-refractivity contribution in [2.24, 2.45) is 0 Å². The summed E-state index contributed by atoms with van der Waals surface area (Å²) in [5.74, 6) is 0.411. The minimum atomic E-state index is -3.78. The second kappa shape index (κ2) is 12.1. The predicted octanol–water partition coefficient (Wildman–Crippen LogP) is 5.30. The van der Waals surface area contributed by atoms with Crippen molar-refractivity contribution in [3.8, 4) is 5.75 Å². The fraction of sp³-hybridized carbons (Fsp3) is 0.179. The lowest BCUT2D eigenvalue weighted by Crippen LogP contribution is -2.32. The molecule has 0 fully saturated rings. The van der Waals surface area contributed by atoms with Gasteiger partial charge in [-0.1, -0.05) is 29.6 Å². The highest BCUT2D eigenvalue weighted by molar-refractivity contribution is 7.89. The Morgan fingerprint density at radius 1 is 1.05 bits per heavy atom. The molecule has 0 spiro atoms. The van der Waals surface area contributed by atoms with Gasteiger partial charge in [0, 0.05) is 24.8 Å². The second-order valence-electron chi connectivity index (χ2n) is 8.20. The molecule has 0 aliphatic heterocycles. The Morgan fingerprint density at radius 3 is 2.42 bits per heavy atom. The molecular formula is C28H28N4O4S2. The van der Waals surface area contributed by atoms with Crippen LogP contribution in [0.3, 0.4) is 0 Å². The average Bonchev–Trinajstić information content (AvgIpc) is 3.35. The van der Waals surface area contributed by atoms with Gasteiger partial charge in [0.15, 0.2) is 5.13 Å². The molecular weight excluding hydrogens is 520 g/mol. The third kappa shape index (κ3) is 5.99. The maximum Gasteiger partial charge on any atom is 0.260 e. The quantitative estimate of drug-likeness (QED) is 0.223. The fourth-order valence-electron chi connectivity index (χ4n) is 3.78. The zero-order valence-corrected chi connectivity index (χ0v) is 22.6. The van der Waals surface area contributed by atoms with Gasteiger partial charge >= 0.3 is 0 Å². The summed E-state index contributed by atoms with van der Waals surface area (Å²) in [5.41, 5.74) is 1.77. The third-order valence-electron chi connectivity index (χ3n) is 5.59. The Hall–Kier alpha value is -3.86. The summed E-state index contributed by atoms with van der Waals surface area (Å²) in [5, 5.41) is 0.504. The Bertz CT molecular complexity index is 1520. The molecule has 0 bridgehead atoms. The molecule has 0 saturated heterocycles. The highest BCUT2D eigenvalue weighted by atomic mass is 32.2. The van der Waals surface area contributed by atoms with Crippen LogP contribution >= 0.6 is 11.3 Å². The van der Waals surface area contributed by atoms with E-state index in [1.165, 1.54) is 52.1 Å². The van der Waals surface area contributed by atoms with E-state index in [-0.39, 0.29) is 30.4 Å². The number of pyridine rings is 1. The first-order chi connectivity index (χ1) is 18.4. The van der Waals surface area contributed by atoms with Crippen molar-refractivity contribution in [2.75, 3.05) is 24.6 Å². The van der Waals surface area contributed by atoms with Crippen molar-refractivity contribution in [2.45, 2.75) is 18.4 Å². The lowest BCUT2D eigenvalue weighted by molar-refractivity contribution is 0.0984. The van der Waals surface area contributed by atoms with Gasteiger partial charge in [-0.05, 0) is 61.5 Å². The van der Waals surface area contributed by atoms with E-state index >= 15 is 0 Å². The number of anilines is 1. The lowest BCUT2D eigenvalue weighted by Gasteiger charge is -2.21. The van der Waals surface area contributed by atoms with Gasteiger partial charge in [-0.2, -0.15) is 4.31 Å². The number of nitrogens with zero attached hydrogens (tertiary/aromatic N) is 4. The number of ether oxygens (including phenoxy) is 1. The maximum atomic E-state index is 13.7. The number of thiazole rings is 1. The molecule has 38 heavy (non-hydrogen) atoms. The van der Waals surface area contributed by atoms with Crippen LogP contribution in [0.1, 0.15) is 23.0 Å². The summed E-state index contributed by atoms with van der Waals surface area (Å²) >= 11 is 1.37. The monoisotopic (exact) mass is 548 g/mol. The van der Waals surface area contributed by atoms with Crippen LogP contribution in [0.25, 0.3) is 10.2 Å². The molecule has 4 aromatic rings.